The number of nitrogens with two attached hydrogens (primary N) is 2. The summed E-state index contributed by atoms with van der Waals surface area (Å²) in [7, 11) is 0. The van der Waals surface area contributed by atoms with Gasteiger partial charge in [-0.05, 0) is 38.9 Å². The van der Waals surface area contributed by atoms with Crippen molar-refractivity contribution < 1.29 is 9.59 Å². The first-order valence-corrected chi connectivity index (χ1v) is 5.39. The van der Waals surface area contributed by atoms with E-state index in [1.54, 1.807) is 0 Å². The van der Waals surface area contributed by atoms with E-state index in [0.29, 0.717) is 6.42 Å². The summed E-state index contributed by atoms with van der Waals surface area (Å²) < 4.78 is 0. The fourth-order valence-corrected chi connectivity index (χ4v) is 1.92. The first-order chi connectivity index (χ1) is 7.09. The van der Waals surface area contributed by atoms with Gasteiger partial charge in [0, 0.05) is 12.3 Å². The Hall–Kier alpha value is -1.10. The second kappa shape index (κ2) is 5.70. The molecule has 0 saturated carbocycles. The molecule has 0 aromatic carbocycles. The van der Waals surface area contributed by atoms with E-state index in [1.165, 1.54) is 0 Å². The number of carbonyl (C=O) groups is 2. The van der Waals surface area contributed by atoms with Crippen LogP contribution >= 0.6 is 0 Å². The number of carbonyl (C=O) groups excluding carboxylic acids is 2. The maximum absolute atomic E-state index is 10.9. The number of hydrogen-bond donors (Lipinski definition) is 2. The molecule has 4 N–H and O–H groups in total. The Morgan fingerprint density at radius 3 is 2.27 bits per heavy atom. The molecule has 0 aromatic rings. The zero-order valence-electron chi connectivity index (χ0n) is 8.95. The van der Waals surface area contributed by atoms with Crippen LogP contribution in [0.5, 0.6) is 0 Å². The summed E-state index contributed by atoms with van der Waals surface area (Å²) >= 11 is 0. The molecule has 0 radical (unpaired) electrons. The first kappa shape index (κ1) is 12.0. The van der Waals surface area contributed by atoms with Crippen molar-refractivity contribution in [3.8, 4) is 0 Å². The summed E-state index contributed by atoms with van der Waals surface area (Å²) in [5, 5.41) is 0. The minimum atomic E-state index is -0.248. The molecule has 1 fully saturated rings. The zero-order chi connectivity index (χ0) is 11.3. The van der Waals surface area contributed by atoms with Crippen LogP contribution in [0.2, 0.25) is 0 Å². The maximum Gasteiger partial charge on any atom is 0.220 e. The van der Waals surface area contributed by atoms with Crippen LogP contribution in [-0.2, 0) is 9.59 Å². The molecule has 0 aromatic heterocycles. The van der Waals surface area contributed by atoms with Crippen LogP contribution in [0.25, 0.3) is 0 Å². The third-order valence-corrected chi connectivity index (χ3v) is 2.89. The number of likely N-dealkylation sites (tertiary alicyclic amines) is 1. The van der Waals surface area contributed by atoms with E-state index in [-0.39, 0.29) is 17.7 Å². The smallest absolute Gasteiger partial charge is 0.220 e. The molecule has 0 aliphatic carbocycles. The fraction of sp³-hybridized carbons (Fsp3) is 0.800. The highest BCUT2D eigenvalue weighted by Crippen LogP contribution is 2.16. The van der Waals surface area contributed by atoms with Crippen molar-refractivity contribution in [3.63, 3.8) is 0 Å². The molecular weight excluding hydrogens is 194 g/mol. The maximum atomic E-state index is 10.9. The average Bonchev–Trinajstić information content (AvgIpc) is 2.18. The van der Waals surface area contributed by atoms with Crippen molar-refractivity contribution in [3.05, 3.63) is 0 Å². The van der Waals surface area contributed by atoms with E-state index in [9.17, 15) is 9.59 Å². The Kier molecular flexibility index (Phi) is 4.55. The SMILES string of the molecule is NC(=O)CCCN1CCC(C(N)=O)CC1. The summed E-state index contributed by atoms with van der Waals surface area (Å²) in [5.41, 5.74) is 10.3. The van der Waals surface area contributed by atoms with Crippen LogP contribution < -0.4 is 11.5 Å². The van der Waals surface area contributed by atoms with Crippen molar-refractivity contribution in [2.24, 2.45) is 17.4 Å². The Morgan fingerprint density at radius 2 is 1.80 bits per heavy atom. The molecule has 1 heterocycles. The molecule has 1 aliphatic heterocycles. The summed E-state index contributed by atoms with van der Waals surface area (Å²) in [6, 6.07) is 0. The molecule has 1 aliphatic rings. The molecule has 15 heavy (non-hydrogen) atoms. The largest absolute Gasteiger partial charge is 0.370 e. The van der Waals surface area contributed by atoms with Crippen molar-refractivity contribution in [2.45, 2.75) is 25.7 Å². The third kappa shape index (κ3) is 4.29. The van der Waals surface area contributed by atoms with Crippen LogP contribution in [-0.4, -0.2) is 36.3 Å². The number of piperidine rings is 1. The van der Waals surface area contributed by atoms with Gasteiger partial charge in [0.05, 0.1) is 0 Å². The van der Waals surface area contributed by atoms with Gasteiger partial charge in [-0.1, -0.05) is 0 Å². The Morgan fingerprint density at radius 1 is 1.20 bits per heavy atom. The molecule has 0 spiro atoms. The van der Waals surface area contributed by atoms with E-state index >= 15 is 0 Å². The molecule has 1 rings (SSSR count). The molecule has 1 saturated heterocycles. The lowest BCUT2D eigenvalue weighted by molar-refractivity contribution is -0.123. The van der Waals surface area contributed by atoms with Gasteiger partial charge in [0.2, 0.25) is 11.8 Å². The Bertz CT molecular complexity index is 232. The Labute approximate surface area is 89.8 Å². The van der Waals surface area contributed by atoms with Crippen LogP contribution in [0.4, 0.5) is 0 Å². The molecule has 5 nitrogen and oxygen atoms in total. The molecule has 0 bridgehead atoms. The predicted octanol–water partition coefficient (Wildman–Crippen LogP) is -0.551. The summed E-state index contributed by atoms with van der Waals surface area (Å²) in [4.78, 5) is 23.7. The van der Waals surface area contributed by atoms with Gasteiger partial charge in [0.15, 0.2) is 0 Å². The van der Waals surface area contributed by atoms with Gasteiger partial charge < -0.3 is 16.4 Å². The van der Waals surface area contributed by atoms with Gasteiger partial charge in [-0.2, -0.15) is 0 Å². The molecule has 86 valence electrons. The van der Waals surface area contributed by atoms with Crippen molar-refractivity contribution in [1.82, 2.24) is 4.90 Å². The van der Waals surface area contributed by atoms with Crippen LogP contribution in [0.15, 0.2) is 0 Å². The average molecular weight is 213 g/mol. The van der Waals surface area contributed by atoms with E-state index in [1.807, 2.05) is 0 Å². The van der Waals surface area contributed by atoms with E-state index in [4.69, 9.17) is 11.5 Å². The number of rotatable bonds is 5. The first-order valence-electron chi connectivity index (χ1n) is 5.39. The highest BCUT2D eigenvalue weighted by Gasteiger charge is 2.22. The van der Waals surface area contributed by atoms with Crippen molar-refractivity contribution >= 4 is 11.8 Å². The topological polar surface area (TPSA) is 89.4 Å². The second-order valence-electron chi connectivity index (χ2n) is 4.09. The zero-order valence-corrected chi connectivity index (χ0v) is 8.95. The molecule has 5 heteroatoms. The standard InChI is InChI=1S/C10H19N3O2/c11-9(14)2-1-5-13-6-3-8(4-7-13)10(12)15/h8H,1-7H2,(H2,11,14)(H2,12,15). The van der Waals surface area contributed by atoms with E-state index in [2.05, 4.69) is 4.90 Å². The number of nitrogens with zero attached hydrogens (tertiary/aromatic N) is 1. The quantitative estimate of drug-likeness (QED) is 0.642. The fourth-order valence-electron chi connectivity index (χ4n) is 1.92. The normalized spacial score (nSPS) is 18.9. The van der Waals surface area contributed by atoms with E-state index in [0.717, 1.165) is 38.9 Å². The Balaban J connectivity index is 2.14. The van der Waals surface area contributed by atoms with Crippen LogP contribution in [0, 0.1) is 5.92 Å². The molecule has 0 unspecified atom stereocenters. The van der Waals surface area contributed by atoms with Gasteiger partial charge in [0.25, 0.3) is 0 Å². The molecule has 2 amide bonds. The summed E-state index contributed by atoms with van der Waals surface area (Å²) in [5.74, 6) is -0.397. The van der Waals surface area contributed by atoms with Gasteiger partial charge >= 0.3 is 0 Å². The number of hydrogen-bond acceptors (Lipinski definition) is 3. The minimum Gasteiger partial charge on any atom is -0.370 e. The van der Waals surface area contributed by atoms with Crippen LogP contribution in [0.1, 0.15) is 25.7 Å². The minimum absolute atomic E-state index is 0.0393. The van der Waals surface area contributed by atoms with Gasteiger partial charge in [-0.3, -0.25) is 9.59 Å². The van der Waals surface area contributed by atoms with Crippen molar-refractivity contribution in [2.75, 3.05) is 19.6 Å². The molecular formula is C10H19N3O2. The summed E-state index contributed by atoms with van der Waals surface area (Å²) in [6.45, 7) is 2.67. The molecule has 0 atom stereocenters. The van der Waals surface area contributed by atoms with Gasteiger partial charge in [-0.25, -0.2) is 0 Å². The number of amides is 2. The lowest BCUT2D eigenvalue weighted by Crippen LogP contribution is -2.39. The lowest BCUT2D eigenvalue weighted by Gasteiger charge is -2.30. The van der Waals surface area contributed by atoms with Crippen molar-refractivity contribution in [1.29, 1.82) is 0 Å². The monoisotopic (exact) mass is 213 g/mol. The van der Waals surface area contributed by atoms with Crippen LogP contribution in [0.3, 0.4) is 0 Å². The highest BCUT2D eigenvalue weighted by atomic mass is 16.1. The van der Waals surface area contributed by atoms with Gasteiger partial charge in [-0.15, -0.1) is 0 Å². The van der Waals surface area contributed by atoms with Gasteiger partial charge in [0.1, 0.15) is 0 Å². The van der Waals surface area contributed by atoms with E-state index < -0.39 is 0 Å². The highest BCUT2D eigenvalue weighted by molar-refractivity contribution is 5.76. The predicted molar refractivity (Wildman–Crippen MR) is 56.8 cm³/mol. The summed E-state index contributed by atoms with van der Waals surface area (Å²) in [6.07, 6.45) is 2.92. The second-order valence-corrected chi connectivity index (χ2v) is 4.09. The lowest BCUT2D eigenvalue weighted by atomic mass is 9.96. The third-order valence-electron chi connectivity index (χ3n) is 2.89. The number of primary amides is 2.